The second-order valence-corrected chi connectivity index (χ2v) is 5.14. The number of imidazole rings is 1. The van der Waals surface area contributed by atoms with Crippen molar-refractivity contribution in [3.63, 3.8) is 0 Å². The molecule has 22 heavy (non-hydrogen) atoms. The predicted octanol–water partition coefficient (Wildman–Crippen LogP) is 2.39. The van der Waals surface area contributed by atoms with Crippen LogP contribution >= 0.6 is 11.3 Å². The maximum Gasteiger partial charge on any atom is 0.321 e. The summed E-state index contributed by atoms with van der Waals surface area (Å²) in [4.78, 5) is 18.9. The lowest BCUT2D eigenvalue weighted by atomic mass is 10.2. The number of rotatable bonds is 4. The van der Waals surface area contributed by atoms with E-state index in [9.17, 15) is 9.18 Å². The summed E-state index contributed by atoms with van der Waals surface area (Å²) in [6.07, 6.45) is 1.63. The Labute approximate surface area is 128 Å². The number of benzene rings is 1. The summed E-state index contributed by atoms with van der Waals surface area (Å²) in [6, 6.07) is 5.67. The molecule has 0 saturated heterocycles. The van der Waals surface area contributed by atoms with Crippen molar-refractivity contribution in [3.05, 3.63) is 47.6 Å². The second-order valence-electron chi connectivity index (χ2n) is 4.30. The molecule has 0 fully saturated rings. The molecule has 9 heteroatoms. The molecule has 2 amide bonds. The van der Waals surface area contributed by atoms with E-state index in [1.165, 1.54) is 29.0 Å². The topological polar surface area (TPSA) is 95.6 Å². The number of hydrogen-bond acceptors (Lipinski definition) is 5. The van der Waals surface area contributed by atoms with Gasteiger partial charge in [-0.25, -0.2) is 14.2 Å². The van der Waals surface area contributed by atoms with Crippen molar-refractivity contribution in [2.75, 3.05) is 5.32 Å². The van der Waals surface area contributed by atoms with Crippen LogP contribution in [0.5, 0.6) is 0 Å². The number of H-pyrrole nitrogens is 1. The van der Waals surface area contributed by atoms with Gasteiger partial charge in [-0.05, 0) is 29.8 Å². The summed E-state index contributed by atoms with van der Waals surface area (Å²) in [5.74, 6) is 0.297. The van der Waals surface area contributed by atoms with Crippen LogP contribution in [0.3, 0.4) is 0 Å². The first-order valence-corrected chi connectivity index (χ1v) is 7.19. The Morgan fingerprint density at radius 1 is 1.32 bits per heavy atom. The molecule has 7 nitrogen and oxygen atoms in total. The van der Waals surface area contributed by atoms with E-state index < -0.39 is 6.03 Å². The molecule has 1 aromatic carbocycles. The molecule has 0 aliphatic rings. The number of carbonyl (C=O) groups excluding carboxylic acids is 1. The number of halogens is 1. The molecular formula is C13H11FN6OS. The fraction of sp³-hybridized carbons (Fsp3) is 0.0769. The van der Waals surface area contributed by atoms with Crippen molar-refractivity contribution >= 4 is 22.5 Å². The molecule has 0 aliphatic carbocycles. The first kappa shape index (κ1) is 14.1. The second kappa shape index (κ2) is 6.31. The van der Waals surface area contributed by atoms with Crippen LogP contribution < -0.4 is 10.6 Å². The maximum atomic E-state index is 12.9. The summed E-state index contributed by atoms with van der Waals surface area (Å²) < 4.78 is 12.9. The van der Waals surface area contributed by atoms with Gasteiger partial charge in [-0.3, -0.25) is 5.32 Å². The number of nitrogens with one attached hydrogen (secondary N) is 3. The van der Waals surface area contributed by atoms with E-state index in [2.05, 4.69) is 30.8 Å². The summed E-state index contributed by atoms with van der Waals surface area (Å²) >= 11 is 1.23. The Kier molecular flexibility index (Phi) is 4.05. The molecule has 2 aromatic heterocycles. The van der Waals surface area contributed by atoms with Crippen LogP contribution in [0.4, 0.5) is 14.3 Å². The van der Waals surface area contributed by atoms with E-state index >= 15 is 0 Å². The summed E-state index contributed by atoms with van der Waals surface area (Å²) in [7, 11) is 0. The number of aromatic amines is 1. The van der Waals surface area contributed by atoms with Gasteiger partial charge in [-0.1, -0.05) is 11.3 Å². The highest BCUT2D eigenvalue weighted by Gasteiger charge is 2.07. The van der Waals surface area contributed by atoms with E-state index in [1.54, 1.807) is 18.3 Å². The molecule has 2 heterocycles. The zero-order valence-electron chi connectivity index (χ0n) is 11.2. The van der Waals surface area contributed by atoms with Gasteiger partial charge < -0.3 is 10.3 Å². The summed E-state index contributed by atoms with van der Waals surface area (Å²) in [5, 5.41) is 12.9. The fourth-order valence-corrected chi connectivity index (χ4v) is 2.20. The van der Waals surface area contributed by atoms with Crippen molar-refractivity contribution in [1.82, 2.24) is 25.5 Å². The first-order valence-electron chi connectivity index (χ1n) is 6.31. The summed E-state index contributed by atoms with van der Waals surface area (Å²) in [6.45, 7) is 0.228. The monoisotopic (exact) mass is 318 g/mol. The standard InChI is InChI=1S/C13H11FN6OS/c14-9-3-1-8(2-4-9)10-5-15-11(18-10)6-16-12(21)19-13-20-17-7-22-13/h1-5,7H,6H2,(H,15,18)(H2,16,19,20,21). The lowest BCUT2D eigenvalue weighted by molar-refractivity contribution is 0.251. The minimum absolute atomic E-state index is 0.228. The molecule has 0 radical (unpaired) electrons. The van der Waals surface area contributed by atoms with Gasteiger partial charge in [0, 0.05) is 0 Å². The third kappa shape index (κ3) is 3.44. The Balaban J connectivity index is 1.57. The van der Waals surface area contributed by atoms with Gasteiger partial charge in [0.15, 0.2) is 0 Å². The molecule has 0 atom stereocenters. The average Bonchev–Trinajstić information content (AvgIpc) is 3.17. The van der Waals surface area contributed by atoms with Crippen LogP contribution in [0, 0.1) is 5.82 Å². The predicted molar refractivity (Wildman–Crippen MR) is 79.7 cm³/mol. The molecule has 0 spiro atoms. The smallest absolute Gasteiger partial charge is 0.321 e. The number of urea groups is 1. The Bertz CT molecular complexity index is 755. The van der Waals surface area contributed by atoms with Crippen molar-refractivity contribution in [2.24, 2.45) is 0 Å². The van der Waals surface area contributed by atoms with E-state index in [0.29, 0.717) is 11.0 Å². The van der Waals surface area contributed by atoms with Gasteiger partial charge in [-0.2, -0.15) is 0 Å². The molecule has 3 rings (SSSR count). The molecule has 3 aromatic rings. The molecular weight excluding hydrogens is 307 g/mol. The molecule has 112 valence electrons. The molecule has 3 N–H and O–H groups in total. The van der Waals surface area contributed by atoms with Crippen molar-refractivity contribution in [1.29, 1.82) is 0 Å². The van der Waals surface area contributed by atoms with Gasteiger partial charge in [0.1, 0.15) is 17.2 Å². The Hall–Kier alpha value is -2.81. The van der Waals surface area contributed by atoms with Gasteiger partial charge in [0.25, 0.3) is 0 Å². The van der Waals surface area contributed by atoms with E-state index in [4.69, 9.17) is 0 Å². The van der Waals surface area contributed by atoms with Gasteiger partial charge in [0.05, 0.1) is 18.4 Å². The normalized spacial score (nSPS) is 10.4. The highest BCUT2D eigenvalue weighted by Crippen LogP contribution is 2.17. The number of hydrogen-bond donors (Lipinski definition) is 3. The van der Waals surface area contributed by atoms with Crippen LogP contribution in [0.2, 0.25) is 0 Å². The minimum Gasteiger partial charge on any atom is -0.341 e. The lowest BCUT2D eigenvalue weighted by Crippen LogP contribution is -2.28. The Morgan fingerprint density at radius 3 is 2.86 bits per heavy atom. The summed E-state index contributed by atoms with van der Waals surface area (Å²) in [5.41, 5.74) is 3.09. The fourth-order valence-electron chi connectivity index (χ4n) is 1.76. The SMILES string of the molecule is O=C(NCc1ncc(-c2ccc(F)cc2)[nH]1)Nc1nncs1. The third-order valence-electron chi connectivity index (χ3n) is 2.78. The lowest BCUT2D eigenvalue weighted by Gasteiger charge is -2.02. The van der Waals surface area contributed by atoms with E-state index in [0.717, 1.165) is 11.3 Å². The maximum absolute atomic E-state index is 12.9. The zero-order valence-corrected chi connectivity index (χ0v) is 12.0. The molecule has 0 aliphatic heterocycles. The highest BCUT2D eigenvalue weighted by atomic mass is 32.1. The average molecular weight is 318 g/mol. The minimum atomic E-state index is -0.392. The van der Waals surface area contributed by atoms with Crippen LogP contribution in [0.15, 0.2) is 36.0 Å². The molecule has 0 bridgehead atoms. The van der Waals surface area contributed by atoms with E-state index in [-0.39, 0.29) is 12.4 Å². The van der Waals surface area contributed by atoms with Gasteiger partial charge in [-0.15, -0.1) is 10.2 Å². The molecule has 0 saturated carbocycles. The van der Waals surface area contributed by atoms with Crippen molar-refractivity contribution in [3.8, 4) is 11.3 Å². The number of aromatic nitrogens is 4. The van der Waals surface area contributed by atoms with Crippen molar-refractivity contribution < 1.29 is 9.18 Å². The van der Waals surface area contributed by atoms with Crippen LogP contribution in [0.25, 0.3) is 11.3 Å². The van der Waals surface area contributed by atoms with Crippen LogP contribution in [-0.4, -0.2) is 26.2 Å². The number of carbonyl (C=O) groups is 1. The highest BCUT2D eigenvalue weighted by molar-refractivity contribution is 7.13. The third-order valence-corrected chi connectivity index (χ3v) is 3.39. The van der Waals surface area contributed by atoms with Crippen LogP contribution in [-0.2, 0) is 6.54 Å². The number of nitrogens with zero attached hydrogens (tertiary/aromatic N) is 3. The first-order chi connectivity index (χ1) is 10.7. The van der Waals surface area contributed by atoms with Crippen molar-refractivity contribution in [2.45, 2.75) is 6.54 Å². The largest absolute Gasteiger partial charge is 0.341 e. The quantitative estimate of drug-likeness (QED) is 0.688. The number of anilines is 1. The van der Waals surface area contributed by atoms with Gasteiger partial charge in [0.2, 0.25) is 5.13 Å². The number of amides is 2. The zero-order chi connectivity index (χ0) is 15.4. The Morgan fingerprint density at radius 2 is 2.14 bits per heavy atom. The van der Waals surface area contributed by atoms with Gasteiger partial charge >= 0.3 is 6.03 Å². The van der Waals surface area contributed by atoms with E-state index in [1.807, 2.05) is 0 Å². The van der Waals surface area contributed by atoms with Crippen LogP contribution in [0.1, 0.15) is 5.82 Å². The molecule has 0 unspecified atom stereocenters.